The zero-order chi connectivity index (χ0) is 31.8. The van der Waals surface area contributed by atoms with Gasteiger partial charge in [-0.1, -0.05) is 48.0 Å². The molecule has 228 valence electrons. The van der Waals surface area contributed by atoms with Crippen LogP contribution in [-0.2, 0) is 19.2 Å². The number of imide groups is 2. The predicted molar refractivity (Wildman–Crippen MR) is 164 cm³/mol. The van der Waals surface area contributed by atoms with E-state index < -0.39 is 53.9 Å². The Morgan fingerprint density at radius 1 is 0.844 bits per heavy atom. The van der Waals surface area contributed by atoms with Crippen LogP contribution < -0.4 is 20.0 Å². The number of amides is 4. The van der Waals surface area contributed by atoms with Gasteiger partial charge in [-0.15, -0.1) is 0 Å². The molecule has 3 aromatic rings. The molecule has 2 heterocycles. The molecule has 0 bridgehead atoms. The maximum Gasteiger partial charge on any atom is 0.488 e. The second-order valence-electron chi connectivity index (χ2n) is 12.4. The number of phenols is 1. The van der Waals surface area contributed by atoms with Crippen molar-refractivity contribution in [2.45, 2.75) is 25.7 Å². The molecular formula is C34H31BN2O8. The zero-order valence-corrected chi connectivity index (χ0v) is 24.7. The quantitative estimate of drug-likeness (QED) is 0.228. The number of carbonyl (C=O) groups is 4. The Bertz CT molecular complexity index is 1790. The molecule has 6 atom stereocenters. The normalized spacial score (nSPS) is 28.9. The van der Waals surface area contributed by atoms with Gasteiger partial charge in [0.15, 0.2) is 0 Å². The molecule has 4 aliphatic rings. The second-order valence-corrected chi connectivity index (χ2v) is 12.4. The van der Waals surface area contributed by atoms with Gasteiger partial charge < -0.3 is 19.9 Å². The largest absolute Gasteiger partial charge is 0.508 e. The molecule has 10 nitrogen and oxygen atoms in total. The molecule has 3 fully saturated rings. The van der Waals surface area contributed by atoms with E-state index in [1.165, 1.54) is 36.3 Å². The van der Waals surface area contributed by atoms with Crippen LogP contribution in [0.5, 0.6) is 11.5 Å². The number of aromatic hydroxyl groups is 1. The number of fused-ring (bicyclic) bond motifs is 4. The lowest BCUT2D eigenvalue weighted by Crippen LogP contribution is -2.49. The van der Waals surface area contributed by atoms with Crippen molar-refractivity contribution in [2.24, 2.45) is 29.1 Å². The minimum Gasteiger partial charge on any atom is -0.508 e. The Morgan fingerprint density at radius 3 is 2.29 bits per heavy atom. The van der Waals surface area contributed by atoms with Crippen molar-refractivity contribution in [3.63, 3.8) is 0 Å². The molecule has 45 heavy (non-hydrogen) atoms. The molecule has 4 amide bonds. The van der Waals surface area contributed by atoms with E-state index >= 15 is 0 Å². The number of allylic oxidation sites excluding steroid dienone is 2. The van der Waals surface area contributed by atoms with E-state index in [4.69, 9.17) is 4.74 Å². The smallest absolute Gasteiger partial charge is 0.488 e. The first-order valence-corrected chi connectivity index (χ1v) is 14.9. The van der Waals surface area contributed by atoms with E-state index in [9.17, 15) is 34.3 Å². The molecule has 2 aliphatic carbocycles. The van der Waals surface area contributed by atoms with E-state index in [0.717, 1.165) is 10.5 Å². The van der Waals surface area contributed by atoms with Gasteiger partial charge in [0, 0.05) is 17.5 Å². The van der Waals surface area contributed by atoms with E-state index in [0.29, 0.717) is 17.0 Å². The molecule has 11 heteroatoms. The van der Waals surface area contributed by atoms with Crippen LogP contribution in [-0.4, -0.2) is 53.0 Å². The number of hydrogen-bond acceptors (Lipinski definition) is 8. The first-order chi connectivity index (χ1) is 21.6. The topological polar surface area (TPSA) is 145 Å². The fraction of sp³-hybridized carbons (Fsp3) is 0.294. The summed E-state index contributed by atoms with van der Waals surface area (Å²) >= 11 is 0. The highest BCUT2D eigenvalue weighted by molar-refractivity contribution is 6.58. The number of carbonyl (C=O) groups excluding carboxylic acids is 4. The van der Waals surface area contributed by atoms with Crippen molar-refractivity contribution in [3.8, 4) is 11.5 Å². The van der Waals surface area contributed by atoms with E-state index in [-0.39, 0.29) is 41.6 Å². The number of hydrogen-bond donors (Lipinski definition) is 3. The minimum atomic E-state index is -1.77. The monoisotopic (exact) mass is 606 g/mol. The van der Waals surface area contributed by atoms with Crippen molar-refractivity contribution >= 4 is 47.6 Å². The van der Waals surface area contributed by atoms with Gasteiger partial charge in [-0.3, -0.25) is 24.1 Å². The number of phenolic OH excluding ortho intramolecular Hbond substituents is 1. The van der Waals surface area contributed by atoms with Gasteiger partial charge in [-0.2, -0.15) is 0 Å². The van der Waals surface area contributed by atoms with Crippen LogP contribution in [0.2, 0.25) is 0 Å². The van der Waals surface area contributed by atoms with E-state index in [1.807, 2.05) is 6.08 Å². The van der Waals surface area contributed by atoms with Gasteiger partial charge >= 0.3 is 7.12 Å². The van der Waals surface area contributed by atoms with Gasteiger partial charge in [0.25, 0.3) is 0 Å². The minimum absolute atomic E-state index is 0.0236. The molecule has 2 saturated heterocycles. The average Bonchev–Trinajstić information content (AvgIpc) is 3.41. The van der Waals surface area contributed by atoms with E-state index in [1.54, 1.807) is 55.5 Å². The van der Waals surface area contributed by atoms with Crippen LogP contribution in [0.3, 0.4) is 0 Å². The number of anilines is 2. The summed E-state index contributed by atoms with van der Waals surface area (Å²) in [6, 6.07) is 19.4. The van der Waals surface area contributed by atoms with Gasteiger partial charge in [0.05, 0.1) is 41.7 Å². The molecule has 1 saturated carbocycles. The Morgan fingerprint density at radius 2 is 1.58 bits per heavy atom. The van der Waals surface area contributed by atoms with Gasteiger partial charge in [0.2, 0.25) is 23.6 Å². The summed E-state index contributed by atoms with van der Waals surface area (Å²) < 4.78 is 5.69. The third-order valence-electron chi connectivity index (χ3n) is 10.2. The van der Waals surface area contributed by atoms with Crippen LogP contribution in [0.25, 0.3) is 0 Å². The Hall–Kier alpha value is -4.74. The molecule has 0 aromatic heterocycles. The highest BCUT2D eigenvalue weighted by atomic mass is 16.5. The highest BCUT2D eigenvalue weighted by Crippen LogP contribution is 2.64. The van der Waals surface area contributed by atoms with Crippen LogP contribution in [0, 0.1) is 29.1 Å². The number of ether oxygens (including phenoxy) is 1. The zero-order valence-electron chi connectivity index (χ0n) is 24.7. The number of nitrogens with zero attached hydrogens (tertiary/aromatic N) is 2. The summed E-state index contributed by atoms with van der Waals surface area (Å²) in [6.45, 7) is 1.79. The number of para-hydroxylation sites is 1. The summed E-state index contributed by atoms with van der Waals surface area (Å²) in [5.74, 6) is -4.73. The predicted octanol–water partition coefficient (Wildman–Crippen LogP) is 2.52. The number of benzene rings is 3. The van der Waals surface area contributed by atoms with Crippen LogP contribution in [0.1, 0.15) is 31.2 Å². The van der Waals surface area contributed by atoms with Crippen molar-refractivity contribution in [3.05, 3.63) is 90.0 Å². The summed E-state index contributed by atoms with van der Waals surface area (Å²) in [5.41, 5.74) is 0.989. The standard InChI is InChI=1S/C34H31BN2O8/c1-34-26(31(40)37(33(34)42)19-8-4-3-5-9-19)17-25-22(29(34)23-12-11-21(38)16-27(23)45-2)13-14-24-28(25)32(41)36(30(24)39)20-10-6-7-18(15-20)35(43)44/h3-13,15-16,24-26,28-29,38,43-44H,14,17H2,1-2H3/t24-,25+,26-,28-,29+,34+/m0/s1. The van der Waals surface area contributed by atoms with Crippen LogP contribution in [0.4, 0.5) is 11.4 Å². The molecule has 0 radical (unpaired) electrons. The second kappa shape index (κ2) is 10.4. The van der Waals surface area contributed by atoms with Gasteiger partial charge in [-0.25, -0.2) is 4.90 Å². The van der Waals surface area contributed by atoms with Crippen molar-refractivity contribution in [2.75, 3.05) is 16.9 Å². The molecule has 3 aromatic carbocycles. The Balaban J connectivity index is 1.37. The van der Waals surface area contributed by atoms with Gasteiger partial charge in [-0.05, 0) is 61.5 Å². The third kappa shape index (κ3) is 4.10. The summed E-state index contributed by atoms with van der Waals surface area (Å²) in [7, 11) is -0.306. The third-order valence-corrected chi connectivity index (χ3v) is 10.2. The lowest BCUT2D eigenvalue weighted by atomic mass is 9.51. The average molecular weight is 606 g/mol. The number of methoxy groups -OCH3 is 1. The summed E-state index contributed by atoms with van der Waals surface area (Å²) in [5, 5.41) is 29.7. The first kappa shape index (κ1) is 29.0. The van der Waals surface area contributed by atoms with Crippen molar-refractivity contribution in [1.82, 2.24) is 0 Å². The Kier molecular flexibility index (Phi) is 6.72. The Labute approximate surface area is 259 Å². The van der Waals surface area contributed by atoms with Crippen molar-refractivity contribution < 1.29 is 39.1 Å². The molecule has 0 unspecified atom stereocenters. The molecule has 7 rings (SSSR count). The van der Waals surface area contributed by atoms with Crippen LogP contribution in [0.15, 0.2) is 84.4 Å². The SMILES string of the molecule is COc1cc(O)ccc1[C@H]1C2=CC[C@@H]3C(=O)N(c4cccc(B(O)O)c4)C(=O)[C@@H]3[C@@H]2C[C@H]2C(=O)N(c3ccccc3)C(=O)[C@@]12C. The molecule has 0 spiro atoms. The maximum absolute atomic E-state index is 14.5. The fourth-order valence-corrected chi connectivity index (χ4v) is 8.20. The maximum atomic E-state index is 14.5. The molecule has 3 N–H and O–H groups in total. The number of rotatable bonds is 5. The molecule has 2 aliphatic heterocycles. The van der Waals surface area contributed by atoms with E-state index in [2.05, 4.69) is 0 Å². The lowest BCUT2D eigenvalue weighted by molar-refractivity contribution is -0.131. The first-order valence-electron chi connectivity index (χ1n) is 14.9. The molecular weight excluding hydrogens is 575 g/mol. The summed E-state index contributed by atoms with van der Waals surface area (Å²) in [4.78, 5) is 59.1. The highest BCUT2D eigenvalue weighted by Gasteiger charge is 2.68. The summed E-state index contributed by atoms with van der Waals surface area (Å²) in [6.07, 6.45) is 2.38. The lowest BCUT2D eigenvalue weighted by Gasteiger charge is -2.49. The van der Waals surface area contributed by atoms with Gasteiger partial charge in [0.1, 0.15) is 11.5 Å². The van der Waals surface area contributed by atoms with Crippen molar-refractivity contribution in [1.29, 1.82) is 0 Å². The fourth-order valence-electron chi connectivity index (χ4n) is 8.20. The van der Waals surface area contributed by atoms with Crippen LogP contribution >= 0.6 is 0 Å².